The Kier molecular flexibility index (Phi) is 4.61. The molecular formula is C10H9N3S4. The van der Waals surface area contributed by atoms with Crippen molar-refractivity contribution in [3.8, 4) is 0 Å². The highest BCUT2D eigenvalue weighted by atomic mass is 32.2. The van der Waals surface area contributed by atoms with E-state index >= 15 is 0 Å². The van der Waals surface area contributed by atoms with Crippen LogP contribution in [0.25, 0.3) is 0 Å². The van der Waals surface area contributed by atoms with Gasteiger partial charge in [0.05, 0.1) is 0 Å². The second-order valence-electron chi connectivity index (χ2n) is 3.00. The maximum Gasteiger partial charge on any atom is 0.197 e. The minimum absolute atomic E-state index is 0.442. The fraction of sp³-hybridized carbons (Fsp3) is 0.100. The molecule has 0 amide bonds. The highest BCUT2D eigenvalue weighted by Gasteiger charge is 2.05. The van der Waals surface area contributed by atoms with Crippen molar-refractivity contribution in [1.29, 1.82) is 0 Å². The third-order valence-corrected chi connectivity index (χ3v) is 3.73. The zero-order valence-electron chi connectivity index (χ0n) is 8.86. The normalized spacial score (nSPS) is 10.5. The van der Waals surface area contributed by atoms with Gasteiger partial charge in [-0.05, 0) is 42.3 Å². The topological polar surface area (TPSA) is 38.7 Å². The van der Waals surface area contributed by atoms with Crippen LogP contribution in [-0.4, -0.2) is 21.2 Å². The van der Waals surface area contributed by atoms with Crippen molar-refractivity contribution in [2.75, 3.05) is 6.26 Å². The minimum Gasteiger partial charge on any atom is -0.197 e. The van der Waals surface area contributed by atoms with Crippen LogP contribution >= 0.6 is 48.8 Å². The first kappa shape index (κ1) is 13.1. The van der Waals surface area contributed by atoms with Crippen molar-refractivity contribution < 1.29 is 0 Å². The molecule has 0 unspecified atom stereocenters. The lowest BCUT2D eigenvalue weighted by Crippen LogP contribution is -1.94. The van der Waals surface area contributed by atoms with E-state index in [9.17, 15) is 0 Å². The Morgan fingerprint density at radius 3 is 2.24 bits per heavy atom. The van der Waals surface area contributed by atoms with Crippen LogP contribution in [0, 0.1) is 0 Å². The number of aromatic nitrogens is 3. The van der Waals surface area contributed by atoms with Crippen LogP contribution in [0.15, 0.2) is 49.5 Å². The molecular weight excluding hydrogens is 290 g/mol. The first-order valence-corrected chi connectivity index (χ1v) is 7.57. The molecule has 0 aliphatic carbocycles. The number of thioether (sulfide) groups is 1. The maximum absolute atomic E-state index is 4.31. The fourth-order valence-electron chi connectivity index (χ4n) is 1.08. The summed E-state index contributed by atoms with van der Waals surface area (Å²) in [4.78, 5) is 14.6. The van der Waals surface area contributed by atoms with Crippen LogP contribution in [0.5, 0.6) is 0 Å². The molecule has 0 fully saturated rings. The van der Waals surface area contributed by atoms with Crippen molar-refractivity contribution in [2.24, 2.45) is 0 Å². The fourth-order valence-corrected chi connectivity index (χ4v) is 2.72. The molecule has 0 saturated carbocycles. The van der Waals surface area contributed by atoms with Gasteiger partial charge < -0.3 is 0 Å². The summed E-state index contributed by atoms with van der Waals surface area (Å²) in [7, 11) is 0. The Morgan fingerprint density at radius 2 is 1.59 bits per heavy atom. The molecule has 0 aliphatic rings. The van der Waals surface area contributed by atoms with Gasteiger partial charge in [0, 0.05) is 9.79 Å². The third kappa shape index (κ3) is 3.80. The summed E-state index contributed by atoms with van der Waals surface area (Å²) in [5.41, 5.74) is 0. The van der Waals surface area contributed by atoms with Crippen molar-refractivity contribution in [1.82, 2.24) is 15.0 Å². The molecule has 0 radical (unpaired) electrons. The molecule has 0 N–H and O–H groups in total. The molecule has 0 spiro atoms. The summed E-state index contributed by atoms with van der Waals surface area (Å²) in [6, 6.07) is 7.83. The zero-order chi connectivity index (χ0) is 12.3. The van der Waals surface area contributed by atoms with Gasteiger partial charge in [0.2, 0.25) is 0 Å². The van der Waals surface area contributed by atoms with E-state index < -0.39 is 0 Å². The van der Waals surface area contributed by atoms with Gasteiger partial charge in [-0.2, -0.15) is 15.0 Å². The highest BCUT2D eigenvalue weighted by molar-refractivity contribution is 7.99. The summed E-state index contributed by atoms with van der Waals surface area (Å²) in [6.07, 6.45) is 1.92. The van der Waals surface area contributed by atoms with E-state index in [4.69, 9.17) is 0 Å². The Balaban J connectivity index is 2.23. The second kappa shape index (κ2) is 5.99. The molecule has 2 rings (SSSR count). The van der Waals surface area contributed by atoms with Crippen LogP contribution in [0.1, 0.15) is 0 Å². The molecule has 0 atom stereocenters. The minimum atomic E-state index is 0.442. The quantitative estimate of drug-likeness (QED) is 0.672. The molecule has 7 heteroatoms. The average molecular weight is 299 g/mol. The van der Waals surface area contributed by atoms with Gasteiger partial charge in [-0.15, -0.1) is 25.3 Å². The van der Waals surface area contributed by atoms with Gasteiger partial charge in [0.1, 0.15) is 0 Å². The van der Waals surface area contributed by atoms with E-state index in [0.717, 1.165) is 9.79 Å². The van der Waals surface area contributed by atoms with Crippen LogP contribution in [0.2, 0.25) is 0 Å². The van der Waals surface area contributed by atoms with Crippen molar-refractivity contribution in [2.45, 2.75) is 25.3 Å². The van der Waals surface area contributed by atoms with Gasteiger partial charge >= 0.3 is 0 Å². The first-order valence-electron chi connectivity index (χ1n) is 4.63. The highest BCUT2D eigenvalue weighted by Crippen LogP contribution is 2.26. The zero-order valence-corrected chi connectivity index (χ0v) is 12.3. The van der Waals surface area contributed by atoms with Gasteiger partial charge in [-0.3, -0.25) is 0 Å². The smallest absolute Gasteiger partial charge is 0.197 e. The standard InChI is InChI=1S/C10H9N3S4/c1-16-9-11-8(15)12-10(13-9)17-7-4-2-6(14)3-5-7/h2-5,14H,1H3,(H,11,12,13,15). The monoisotopic (exact) mass is 299 g/mol. The number of rotatable bonds is 3. The van der Waals surface area contributed by atoms with Crippen molar-refractivity contribution in [3.63, 3.8) is 0 Å². The van der Waals surface area contributed by atoms with Gasteiger partial charge in [-0.1, -0.05) is 11.8 Å². The molecule has 2 aromatic rings. The molecule has 0 saturated heterocycles. The van der Waals surface area contributed by atoms with Crippen molar-refractivity contribution in [3.05, 3.63) is 24.3 Å². The number of benzene rings is 1. The van der Waals surface area contributed by atoms with Crippen LogP contribution in [-0.2, 0) is 0 Å². The van der Waals surface area contributed by atoms with E-state index in [1.807, 2.05) is 30.5 Å². The molecule has 17 heavy (non-hydrogen) atoms. The lowest BCUT2D eigenvalue weighted by atomic mass is 10.4. The Labute approximate surface area is 119 Å². The molecule has 3 nitrogen and oxygen atoms in total. The molecule has 0 aliphatic heterocycles. The number of nitrogens with zero attached hydrogens (tertiary/aromatic N) is 3. The predicted octanol–water partition coefficient (Wildman–Crippen LogP) is 3.32. The SMILES string of the molecule is CSc1nc(S)nc(Sc2ccc(S)cc2)n1. The summed E-state index contributed by atoms with van der Waals surface area (Å²) in [5, 5.41) is 1.78. The largest absolute Gasteiger partial charge is 0.197 e. The number of hydrogen-bond donors (Lipinski definition) is 2. The summed E-state index contributed by atoms with van der Waals surface area (Å²) in [5.74, 6) is 0. The van der Waals surface area contributed by atoms with Crippen molar-refractivity contribution >= 4 is 48.8 Å². The third-order valence-electron chi connectivity index (χ3n) is 1.81. The molecule has 1 heterocycles. The van der Waals surface area contributed by atoms with E-state index in [2.05, 4.69) is 40.2 Å². The lowest BCUT2D eigenvalue weighted by Gasteiger charge is -2.02. The van der Waals surface area contributed by atoms with Crippen LogP contribution in [0.3, 0.4) is 0 Å². The lowest BCUT2D eigenvalue weighted by molar-refractivity contribution is 0.721. The number of thiol groups is 2. The Morgan fingerprint density at radius 1 is 0.941 bits per heavy atom. The molecule has 1 aromatic carbocycles. The van der Waals surface area contributed by atoms with Gasteiger partial charge in [-0.25, -0.2) is 0 Å². The summed E-state index contributed by atoms with van der Waals surface area (Å²) in [6.45, 7) is 0. The second-order valence-corrected chi connectivity index (χ2v) is 5.73. The van der Waals surface area contributed by atoms with E-state index in [-0.39, 0.29) is 0 Å². The van der Waals surface area contributed by atoms with E-state index in [1.54, 1.807) is 0 Å². The van der Waals surface area contributed by atoms with Crippen LogP contribution in [0.4, 0.5) is 0 Å². The summed E-state index contributed by atoms with van der Waals surface area (Å²) < 4.78 is 0. The van der Waals surface area contributed by atoms with E-state index in [1.165, 1.54) is 23.5 Å². The van der Waals surface area contributed by atoms with Crippen LogP contribution < -0.4 is 0 Å². The molecule has 88 valence electrons. The molecule has 0 bridgehead atoms. The Hall–Kier alpha value is -0.370. The Bertz CT molecular complexity index is 515. The molecule has 1 aromatic heterocycles. The van der Waals surface area contributed by atoms with Gasteiger partial charge in [0.15, 0.2) is 15.5 Å². The van der Waals surface area contributed by atoms with Gasteiger partial charge in [0.25, 0.3) is 0 Å². The van der Waals surface area contributed by atoms with E-state index in [0.29, 0.717) is 15.5 Å². The number of hydrogen-bond acceptors (Lipinski definition) is 7. The summed E-state index contributed by atoms with van der Waals surface area (Å²) >= 11 is 11.4. The first-order chi connectivity index (χ1) is 8.17. The average Bonchev–Trinajstić information content (AvgIpc) is 2.31. The predicted molar refractivity (Wildman–Crippen MR) is 76.7 cm³/mol. The maximum atomic E-state index is 4.31.